The largest absolute Gasteiger partial charge is 0.393 e. The summed E-state index contributed by atoms with van der Waals surface area (Å²) in [6.45, 7) is 2.89. The second-order valence-electron chi connectivity index (χ2n) is 7.40. The molecule has 0 saturated carbocycles. The number of aromatic nitrogens is 1. The standard InChI is InChI=1S/C19H24F3N5OS/c20-19(21,22)13-8-14(23)12-27(11-13)16-9-17(26-3-5-28-6-4-26)24-10-15(16)25-18-2-1-7-29-18/h1-2,7,9-10,13-14,25H,3-6,8,11-12,23H2. The lowest BCUT2D eigenvalue weighted by molar-refractivity contribution is -0.177. The molecule has 2 atom stereocenters. The Bertz CT molecular complexity index is 811. The molecule has 3 N–H and O–H groups in total. The van der Waals surface area contributed by atoms with Crippen LogP contribution in [-0.2, 0) is 4.74 Å². The topological polar surface area (TPSA) is 66.7 Å². The smallest absolute Gasteiger partial charge is 0.378 e. The van der Waals surface area contributed by atoms with Crippen molar-refractivity contribution in [2.75, 3.05) is 54.5 Å². The summed E-state index contributed by atoms with van der Waals surface area (Å²) < 4.78 is 45.7. The number of hydrogen-bond donors (Lipinski definition) is 2. The van der Waals surface area contributed by atoms with Gasteiger partial charge in [0, 0.05) is 38.3 Å². The minimum atomic E-state index is -4.27. The molecule has 0 radical (unpaired) electrons. The van der Waals surface area contributed by atoms with E-state index in [1.807, 2.05) is 23.6 Å². The van der Waals surface area contributed by atoms with Gasteiger partial charge in [0.25, 0.3) is 0 Å². The summed E-state index contributed by atoms with van der Waals surface area (Å²) in [5.41, 5.74) is 7.39. The molecule has 2 aromatic rings. The molecular formula is C19H24F3N5OS. The predicted octanol–water partition coefficient (Wildman–Crippen LogP) is 3.44. The Balaban J connectivity index is 1.67. The van der Waals surface area contributed by atoms with Crippen LogP contribution in [0.1, 0.15) is 6.42 Å². The van der Waals surface area contributed by atoms with Crippen LogP contribution in [0.5, 0.6) is 0 Å². The molecule has 158 valence electrons. The number of halogens is 3. The van der Waals surface area contributed by atoms with Crippen molar-refractivity contribution in [3.63, 3.8) is 0 Å². The Morgan fingerprint density at radius 2 is 2.00 bits per heavy atom. The molecule has 29 heavy (non-hydrogen) atoms. The van der Waals surface area contributed by atoms with E-state index in [0.29, 0.717) is 44.2 Å². The van der Waals surface area contributed by atoms with E-state index in [1.165, 1.54) is 11.3 Å². The summed E-state index contributed by atoms with van der Waals surface area (Å²) in [6.07, 6.45) is -2.62. The number of thiophene rings is 1. The van der Waals surface area contributed by atoms with Gasteiger partial charge >= 0.3 is 6.18 Å². The van der Waals surface area contributed by atoms with Gasteiger partial charge in [-0.25, -0.2) is 4.98 Å². The minimum Gasteiger partial charge on any atom is -0.378 e. The van der Waals surface area contributed by atoms with Crippen LogP contribution < -0.4 is 20.9 Å². The van der Waals surface area contributed by atoms with E-state index in [-0.39, 0.29) is 13.0 Å². The summed E-state index contributed by atoms with van der Waals surface area (Å²) in [5.74, 6) is -0.705. The SMILES string of the molecule is NC1CC(C(F)(F)F)CN(c2cc(N3CCOCC3)ncc2Nc2cccs2)C1. The average molecular weight is 427 g/mol. The van der Waals surface area contributed by atoms with E-state index < -0.39 is 18.1 Å². The molecule has 4 rings (SSSR count). The van der Waals surface area contributed by atoms with Gasteiger partial charge in [0.1, 0.15) is 5.82 Å². The first-order chi connectivity index (χ1) is 13.9. The third-order valence-electron chi connectivity index (χ3n) is 5.27. The highest BCUT2D eigenvalue weighted by molar-refractivity contribution is 7.14. The van der Waals surface area contributed by atoms with Crippen molar-refractivity contribution in [1.29, 1.82) is 0 Å². The summed E-state index contributed by atoms with van der Waals surface area (Å²) >= 11 is 1.52. The lowest BCUT2D eigenvalue weighted by atomic mass is 9.93. The molecule has 2 aliphatic rings. The summed E-state index contributed by atoms with van der Waals surface area (Å²) in [4.78, 5) is 8.39. The molecular weight excluding hydrogens is 403 g/mol. The highest BCUT2D eigenvalue weighted by Crippen LogP contribution is 2.38. The van der Waals surface area contributed by atoms with Gasteiger partial charge in [-0.15, -0.1) is 11.3 Å². The number of hydrogen-bond acceptors (Lipinski definition) is 7. The first-order valence-electron chi connectivity index (χ1n) is 9.60. The fourth-order valence-corrected chi connectivity index (χ4v) is 4.44. The van der Waals surface area contributed by atoms with Crippen LogP contribution in [0, 0.1) is 5.92 Å². The molecule has 0 spiro atoms. The monoisotopic (exact) mass is 427 g/mol. The zero-order valence-electron chi connectivity index (χ0n) is 15.9. The maximum Gasteiger partial charge on any atom is 0.393 e. The van der Waals surface area contributed by atoms with Crippen molar-refractivity contribution in [3.8, 4) is 0 Å². The first kappa shape index (κ1) is 20.2. The molecule has 2 saturated heterocycles. The lowest BCUT2D eigenvalue weighted by Crippen LogP contribution is -2.51. The van der Waals surface area contributed by atoms with Gasteiger partial charge in [-0.1, -0.05) is 0 Å². The van der Waals surface area contributed by atoms with Crippen LogP contribution in [0.15, 0.2) is 29.8 Å². The van der Waals surface area contributed by atoms with Gasteiger partial charge in [-0.3, -0.25) is 0 Å². The number of pyridine rings is 1. The Labute approximate surface area is 171 Å². The van der Waals surface area contributed by atoms with E-state index in [9.17, 15) is 13.2 Å². The lowest BCUT2D eigenvalue weighted by Gasteiger charge is -2.39. The number of ether oxygens (including phenoxy) is 1. The Morgan fingerprint density at radius 1 is 1.21 bits per heavy atom. The van der Waals surface area contributed by atoms with Crippen molar-refractivity contribution in [2.24, 2.45) is 11.7 Å². The quantitative estimate of drug-likeness (QED) is 0.779. The summed E-state index contributed by atoms with van der Waals surface area (Å²) in [7, 11) is 0. The van der Waals surface area contributed by atoms with Gasteiger partial charge in [-0.2, -0.15) is 13.2 Å². The van der Waals surface area contributed by atoms with Crippen LogP contribution in [0.2, 0.25) is 0 Å². The van der Waals surface area contributed by atoms with Crippen molar-refractivity contribution < 1.29 is 17.9 Å². The van der Waals surface area contributed by atoms with Crippen molar-refractivity contribution in [1.82, 2.24) is 4.98 Å². The second-order valence-corrected chi connectivity index (χ2v) is 8.35. The number of anilines is 4. The molecule has 2 aromatic heterocycles. The van der Waals surface area contributed by atoms with E-state index >= 15 is 0 Å². The van der Waals surface area contributed by atoms with Gasteiger partial charge in [0.2, 0.25) is 0 Å². The fourth-order valence-electron chi connectivity index (χ4n) is 3.81. The van der Waals surface area contributed by atoms with E-state index in [4.69, 9.17) is 10.5 Å². The van der Waals surface area contributed by atoms with Crippen LogP contribution >= 0.6 is 11.3 Å². The number of alkyl halides is 3. The molecule has 0 aliphatic carbocycles. The Kier molecular flexibility index (Phi) is 5.84. The Hall–Kier alpha value is -2.04. The number of morpholine rings is 1. The van der Waals surface area contributed by atoms with Gasteiger partial charge < -0.3 is 25.6 Å². The number of nitrogens with one attached hydrogen (secondary N) is 1. The number of nitrogens with zero attached hydrogens (tertiary/aromatic N) is 3. The minimum absolute atomic E-state index is 0.0465. The van der Waals surface area contributed by atoms with Gasteiger partial charge in [-0.05, 0) is 23.9 Å². The summed E-state index contributed by atoms with van der Waals surface area (Å²) in [5, 5.41) is 6.14. The predicted molar refractivity (Wildman–Crippen MR) is 109 cm³/mol. The second kappa shape index (κ2) is 8.37. The molecule has 0 aromatic carbocycles. The third kappa shape index (κ3) is 4.76. The van der Waals surface area contributed by atoms with E-state index in [1.54, 1.807) is 11.1 Å². The molecule has 4 heterocycles. The van der Waals surface area contributed by atoms with Crippen molar-refractivity contribution in [2.45, 2.75) is 18.6 Å². The molecule has 2 aliphatic heterocycles. The van der Waals surface area contributed by atoms with Crippen molar-refractivity contribution >= 4 is 33.5 Å². The van der Waals surface area contributed by atoms with Gasteiger partial charge in [0.05, 0.1) is 41.7 Å². The number of piperidine rings is 1. The molecule has 6 nitrogen and oxygen atoms in total. The van der Waals surface area contributed by atoms with Gasteiger partial charge in [0.15, 0.2) is 0 Å². The zero-order valence-corrected chi connectivity index (χ0v) is 16.7. The van der Waals surface area contributed by atoms with E-state index in [0.717, 1.165) is 10.8 Å². The van der Waals surface area contributed by atoms with Crippen LogP contribution in [0.25, 0.3) is 0 Å². The fraction of sp³-hybridized carbons (Fsp3) is 0.526. The average Bonchev–Trinajstić information content (AvgIpc) is 3.21. The van der Waals surface area contributed by atoms with Crippen molar-refractivity contribution in [3.05, 3.63) is 29.8 Å². The van der Waals surface area contributed by atoms with Crippen LogP contribution in [0.3, 0.4) is 0 Å². The normalized spacial score (nSPS) is 23.3. The zero-order chi connectivity index (χ0) is 20.4. The molecule has 0 amide bonds. The highest BCUT2D eigenvalue weighted by atomic mass is 32.1. The first-order valence-corrected chi connectivity index (χ1v) is 10.5. The number of nitrogens with two attached hydrogens (primary N) is 1. The number of rotatable bonds is 4. The Morgan fingerprint density at radius 3 is 2.69 bits per heavy atom. The third-order valence-corrected chi connectivity index (χ3v) is 6.05. The highest BCUT2D eigenvalue weighted by Gasteiger charge is 2.44. The van der Waals surface area contributed by atoms with E-state index in [2.05, 4.69) is 15.2 Å². The summed E-state index contributed by atoms with van der Waals surface area (Å²) in [6, 6.07) is 5.17. The molecule has 0 bridgehead atoms. The molecule has 2 fully saturated rings. The van der Waals surface area contributed by atoms with Crippen LogP contribution in [0.4, 0.5) is 35.4 Å². The molecule has 2 unspecified atom stereocenters. The maximum atomic E-state index is 13.4. The maximum absolute atomic E-state index is 13.4. The van der Waals surface area contributed by atoms with Crippen LogP contribution in [-0.4, -0.2) is 56.6 Å². The molecule has 10 heteroatoms.